The van der Waals surface area contributed by atoms with E-state index in [0.29, 0.717) is 23.7 Å². The van der Waals surface area contributed by atoms with E-state index < -0.39 is 11.5 Å². The minimum absolute atomic E-state index is 0.243. The third-order valence-electron chi connectivity index (χ3n) is 3.96. The summed E-state index contributed by atoms with van der Waals surface area (Å²) in [5, 5.41) is 4.73. The van der Waals surface area contributed by atoms with Crippen molar-refractivity contribution in [3.05, 3.63) is 82.7 Å². The minimum Gasteiger partial charge on any atom is -0.489 e. The third kappa shape index (κ3) is 5.32. The molecule has 0 aliphatic carbocycles. The average molecular weight is 392 g/mol. The number of nitrogens with one attached hydrogen (secondary N) is 1. The molecule has 1 heterocycles. The number of ether oxygens (including phenoxy) is 2. The second-order valence-corrected chi connectivity index (χ2v) is 6.13. The summed E-state index contributed by atoms with van der Waals surface area (Å²) in [5.41, 5.74) is 3.90. The number of para-hydroxylation sites is 1. The first-order valence-corrected chi connectivity index (χ1v) is 8.89. The Labute approximate surface area is 167 Å². The number of hydrogen-bond acceptors (Lipinski definition) is 6. The minimum atomic E-state index is -0.434. The van der Waals surface area contributed by atoms with E-state index in [-0.39, 0.29) is 6.61 Å². The summed E-state index contributed by atoms with van der Waals surface area (Å²) in [5.74, 6) is 0.611. The summed E-state index contributed by atoms with van der Waals surface area (Å²) in [4.78, 5) is 23.5. The molecule has 1 N–H and O–H groups in total. The van der Waals surface area contributed by atoms with Crippen molar-refractivity contribution in [2.75, 3.05) is 13.2 Å². The zero-order valence-electron chi connectivity index (χ0n) is 15.9. The highest BCUT2D eigenvalue weighted by atomic mass is 16.5. The van der Waals surface area contributed by atoms with Gasteiger partial charge in [0.15, 0.2) is 6.61 Å². The van der Waals surface area contributed by atoms with Crippen LogP contribution in [0.4, 0.5) is 0 Å². The summed E-state index contributed by atoms with van der Waals surface area (Å²) < 4.78 is 16.1. The summed E-state index contributed by atoms with van der Waals surface area (Å²) in [6.45, 7) is 5.56. The van der Waals surface area contributed by atoms with Crippen LogP contribution in [0.15, 0.2) is 75.5 Å². The molecule has 3 aromatic rings. The summed E-state index contributed by atoms with van der Waals surface area (Å²) >= 11 is 0. The van der Waals surface area contributed by atoms with Gasteiger partial charge in [-0.3, -0.25) is 4.79 Å². The van der Waals surface area contributed by atoms with E-state index in [1.807, 2.05) is 25.1 Å². The summed E-state index contributed by atoms with van der Waals surface area (Å²) in [7, 11) is 0. The number of hydrogen-bond donors (Lipinski definition) is 1. The molecule has 0 aliphatic heterocycles. The smallest absolute Gasteiger partial charge is 0.336 e. The van der Waals surface area contributed by atoms with E-state index in [4.69, 9.17) is 13.9 Å². The van der Waals surface area contributed by atoms with Crippen molar-refractivity contribution in [3.8, 4) is 11.5 Å². The molecular weight excluding hydrogens is 372 g/mol. The first-order valence-electron chi connectivity index (χ1n) is 8.89. The van der Waals surface area contributed by atoms with Gasteiger partial charge in [-0.15, -0.1) is 0 Å². The van der Waals surface area contributed by atoms with Gasteiger partial charge in [-0.25, -0.2) is 10.2 Å². The highest BCUT2D eigenvalue weighted by molar-refractivity contribution is 5.85. The highest BCUT2D eigenvalue weighted by Crippen LogP contribution is 2.22. The van der Waals surface area contributed by atoms with Gasteiger partial charge in [0, 0.05) is 23.1 Å². The number of aryl methyl sites for hydroxylation is 1. The number of fused-ring (bicyclic) bond motifs is 1. The lowest BCUT2D eigenvalue weighted by Gasteiger charge is -2.07. The fourth-order valence-electron chi connectivity index (χ4n) is 2.62. The van der Waals surface area contributed by atoms with E-state index in [0.717, 1.165) is 16.5 Å². The third-order valence-corrected chi connectivity index (χ3v) is 3.96. The van der Waals surface area contributed by atoms with Crippen LogP contribution < -0.4 is 20.5 Å². The Morgan fingerprint density at radius 1 is 1.21 bits per heavy atom. The number of carbonyl (C=O) groups is 1. The monoisotopic (exact) mass is 392 g/mol. The summed E-state index contributed by atoms with van der Waals surface area (Å²) in [6.07, 6.45) is 3.13. The number of benzene rings is 2. The number of carbonyl (C=O) groups excluding carboxylic acids is 1. The second-order valence-electron chi connectivity index (χ2n) is 6.13. The normalized spacial score (nSPS) is 10.8. The van der Waals surface area contributed by atoms with Gasteiger partial charge in [0.1, 0.15) is 23.7 Å². The van der Waals surface area contributed by atoms with Crippen LogP contribution in [0.1, 0.15) is 11.1 Å². The van der Waals surface area contributed by atoms with Gasteiger partial charge in [-0.05, 0) is 36.8 Å². The van der Waals surface area contributed by atoms with Crippen LogP contribution in [0.25, 0.3) is 11.0 Å². The van der Waals surface area contributed by atoms with Crippen LogP contribution in [0.2, 0.25) is 0 Å². The van der Waals surface area contributed by atoms with Crippen molar-refractivity contribution in [2.45, 2.75) is 6.92 Å². The Morgan fingerprint density at radius 2 is 2.03 bits per heavy atom. The fourth-order valence-corrected chi connectivity index (χ4v) is 2.62. The average Bonchev–Trinajstić information content (AvgIpc) is 2.71. The van der Waals surface area contributed by atoms with Gasteiger partial charge in [0.05, 0.1) is 6.21 Å². The van der Waals surface area contributed by atoms with Crippen molar-refractivity contribution >= 4 is 23.1 Å². The molecule has 2 aromatic carbocycles. The van der Waals surface area contributed by atoms with Gasteiger partial charge < -0.3 is 13.9 Å². The lowest BCUT2D eigenvalue weighted by atomic mass is 10.1. The predicted molar refractivity (Wildman–Crippen MR) is 111 cm³/mol. The maximum atomic E-state index is 12.0. The lowest BCUT2D eigenvalue weighted by molar-refractivity contribution is -0.123. The number of hydrazone groups is 1. The standard InChI is InChI=1S/C22H20N2O5/c1-3-10-27-19-7-5-4-6-16(19)13-23-24-21(25)14-28-17-8-9-18-15(2)11-22(26)29-20(18)12-17/h3-9,11-13H,1,10,14H2,2H3,(H,24,25)/b23-13-. The molecular formula is C22H20N2O5. The van der Waals surface area contributed by atoms with E-state index in [1.165, 1.54) is 12.3 Å². The Balaban J connectivity index is 1.58. The number of nitrogens with zero attached hydrogens (tertiary/aromatic N) is 1. The van der Waals surface area contributed by atoms with E-state index in [1.54, 1.807) is 30.3 Å². The topological polar surface area (TPSA) is 90.1 Å². The lowest BCUT2D eigenvalue weighted by Crippen LogP contribution is -2.24. The molecule has 29 heavy (non-hydrogen) atoms. The maximum absolute atomic E-state index is 12.0. The highest BCUT2D eigenvalue weighted by Gasteiger charge is 2.06. The largest absolute Gasteiger partial charge is 0.489 e. The molecule has 7 heteroatoms. The molecule has 7 nitrogen and oxygen atoms in total. The maximum Gasteiger partial charge on any atom is 0.336 e. The summed E-state index contributed by atoms with van der Waals surface area (Å²) in [6, 6.07) is 13.8. The molecule has 0 saturated heterocycles. The first-order chi connectivity index (χ1) is 14.1. The molecule has 0 fully saturated rings. The van der Waals surface area contributed by atoms with Crippen LogP contribution in [-0.4, -0.2) is 25.3 Å². The van der Waals surface area contributed by atoms with Gasteiger partial charge in [0.25, 0.3) is 5.91 Å². The molecule has 1 amide bonds. The van der Waals surface area contributed by atoms with Crippen molar-refractivity contribution < 1.29 is 18.7 Å². The van der Waals surface area contributed by atoms with Crippen LogP contribution in [0, 0.1) is 6.92 Å². The zero-order valence-corrected chi connectivity index (χ0v) is 15.9. The van der Waals surface area contributed by atoms with E-state index >= 15 is 0 Å². The Kier molecular flexibility index (Phi) is 6.42. The quantitative estimate of drug-likeness (QED) is 0.275. The van der Waals surface area contributed by atoms with Crippen molar-refractivity contribution in [2.24, 2.45) is 5.10 Å². The Morgan fingerprint density at radius 3 is 2.86 bits per heavy atom. The molecule has 0 aliphatic rings. The van der Waals surface area contributed by atoms with Crippen molar-refractivity contribution in [1.82, 2.24) is 5.43 Å². The molecule has 3 rings (SSSR count). The second kappa shape index (κ2) is 9.36. The molecule has 0 spiro atoms. The molecule has 0 unspecified atom stereocenters. The van der Waals surface area contributed by atoms with E-state index in [9.17, 15) is 9.59 Å². The molecule has 0 radical (unpaired) electrons. The molecule has 148 valence electrons. The van der Waals surface area contributed by atoms with Gasteiger partial charge >= 0.3 is 5.63 Å². The number of rotatable bonds is 8. The Bertz CT molecular complexity index is 1120. The van der Waals surface area contributed by atoms with Crippen LogP contribution in [0.5, 0.6) is 11.5 Å². The fraction of sp³-hybridized carbons (Fsp3) is 0.136. The van der Waals surface area contributed by atoms with Gasteiger partial charge in [-0.2, -0.15) is 5.10 Å². The van der Waals surface area contributed by atoms with Crippen molar-refractivity contribution in [3.63, 3.8) is 0 Å². The van der Waals surface area contributed by atoms with Crippen LogP contribution in [-0.2, 0) is 4.79 Å². The molecule has 1 aromatic heterocycles. The molecule has 0 bridgehead atoms. The molecule has 0 saturated carbocycles. The number of amides is 1. The van der Waals surface area contributed by atoms with E-state index in [2.05, 4.69) is 17.1 Å². The first kappa shape index (κ1) is 19.9. The SMILES string of the molecule is C=CCOc1ccccc1/C=N\NC(=O)COc1ccc2c(C)cc(=O)oc2c1. The zero-order chi connectivity index (χ0) is 20.6. The molecule has 0 atom stereocenters. The van der Waals surface area contributed by atoms with Gasteiger partial charge in [-0.1, -0.05) is 24.8 Å². The predicted octanol–water partition coefficient (Wildman–Crippen LogP) is 3.20. The van der Waals surface area contributed by atoms with Crippen LogP contribution >= 0.6 is 0 Å². The van der Waals surface area contributed by atoms with Crippen LogP contribution in [0.3, 0.4) is 0 Å². The van der Waals surface area contributed by atoms with Crippen molar-refractivity contribution in [1.29, 1.82) is 0 Å². The van der Waals surface area contributed by atoms with Gasteiger partial charge in [0.2, 0.25) is 0 Å². The Hall–Kier alpha value is -3.87.